The van der Waals surface area contributed by atoms with Crippen LogP contribution in [0.5, 0.6) is 0 Å². The van der Waals surface area contributed by atoms with Gasteiger partial charge in [-0.3, -0.25) is 4.74 Å². The fourth-order valence-corrected chi connectivity index (χ4v) is 1.28. The number of hydrogen-bond acceptors (Lipinski definition) is 5. The molecule has 0 aromatic heterocycles. The van der Waals surface area contributed by atoms with Crippen LogP contribution in [-0.2, 0) is 23.8 Å². The number of rotatable bonds is 2. The third kappa shape index (κ3) is 1.92. The molecule has 15 heavy (non-hydrogen) atoms. The lowest BCUT2D eigenvalue weighted by Crippen LogP contribution is -2.21. The Morgan fingerprint density at radius 3 is 1.67 bits per heavy atom. The van der Waals surface area contributed by atoms with Crippen LogP contribution in [0.1, 0.15) is 13.8 Å². The molecule has 2 heterocycles. The highest BCUT2D eigenvalue weighted by Gasteiger charge is 2.29. The molecule has 0 aliphatic carbocycles. The van der Waals surface area contributed by atoms with Gasteiger partial charge >= 0.3 is 11.9 Å². The van der Waals surface area contributed by atoms with Gasteiger partial charge in [-0.25, -0.2) is 9.59 Å². The van der Waals surface area contributed by atoms with Crippen molar-refractivity contribution in [3.63, 3.8) is 0 Å². The Kier molecular flexibility index (Phi) is 2.32. The smallest absolute Gasteiger partial charge is 0.336 e. The first-order valence-electron chi connectivity index (χ1n) is 4.50. The number of ether oxygens (including phenoxy) is 3. The molecule has 5 nitrogen and oxygen atoms in total. The van der Waals surface area contributed by atoms with Gasteiger partial charge in [-0.1, -0.05) is 0 Å². The van der Waals surface area contributed by atoms with Gasteiger partial charge in [-0.2, -0.15) is 0 Å². The minimum atomic E-state index is -0.766. The molecule has 0 aromatic rings. The lowest BCUT2D eigenvalue weighted by molar-refractivity contribution is -0.199. The Hall–Kier alpha value is -1.62. The molecule has 0 bridgehead atoms. The van der Waals surface area contributed by atoms with Crippen molar-refractivity contribution in [2.45, 2.75) is 26.4 Å². The Balaban J connectivity index is 1.95. The number of hydrogen-bond donors (Lipinski definition) is 0. The van der Waals surface area contributed by atoms with E-state index in [1.807, 2.05) is 0 Å². The normalized spacial score (nSPS) is 29.7. The third-order valence-corrected chi connectivity index (χ3v) is 2.13. The number of carbonyl (C=O) groups is 2. The quantitative estimate of drug-likeness (QED) is 0.626. The van der Waals surface area contributed by atoms with Crippen LogP contribution in [-0.4, -0.2) is 24.5 Å². The van der Waals surface area contributed by atoms with Gasteiger partial charge in [0.2, 0.25) is 12.6 Å². The lowest BCUT2D eigenvalue weighted by Gasteiger charge is -2.13. The van der Waals surface area contributed by atoms with Gasteiger partial charge in [-0.15, -0.1) is 0 Å². The third-order valence-electron chi connectivity index (χ3n) is 2.13. The SMILES string of the molecule is CC1=C[C@@H](O[C@@H]2C=C(C)C(=O)O2)OC1=O. The summed E-state index contributed by atoms with van der Waals surface area (Å²) in [5.74, 6) is -0.824. The highest BCUT2D eigenvalue weighted by Crippen LogP contribution is 2.20. The zero-order valence-electron chi connectivity index (χ0n) is 8.35. The maximum absolute atomic E-state index is 11.0. The van der Waals surface area contributed by atoms with Gasteiger partial charge in [-0.05, 0) is 26.0 Å². The van der Waals surface area contributed by atoms with Gasteiger partial charge in [0, 0.05) is 11.1 Å². The van der Waals surface area contributed by atoms with E-state index < -0.39 is 24.5 Å². The van der Waals surface area contributed by atoms with Crippen molar-refractivity contribution in [3.05, 3.63) is 23.3 Å². The van der Waals surface area contributed by atoms with Crippen molar-refractivity contribution in [3.8, 4) is 0 Å². The summed E-state index contributed by atoms with van der Waals surface area (Å²) in [7, 11) is 0. The molecule has 2 aliphatic rings. The Morgan fingerprint density at radius 1 is 1.00 bits per heavy atom. The predicted octanol–water partition coefficient (Wildman–Crippen LogP) is 0.661. The molecular weight excluding hydrogens is 200 g/mol. The van der Waals surface area contributed by atoms with Crippen LogP contribution in [0, 0.1) is 0 Å². The maximum Gasteiger partial charge on any atom is 0.336 e. The summed E-state index contributed by atoms with van der Waals surface area (Å²) in [4.78, 5) is 22.0. The van der Waals surface area contributed by atoms with Crippen LogP contribution < -0.4 is 0 Å². The van der Waals surface area contributed by atoms with E-state index in [-0.39, 0.29) is 0 Å². The molecule has 0 spiro atoms. The van der Waals surface area contributed by atoms with Gasteiger partial charge < -0.3 is 9.47 Å². The molecule has 0 amide bonds. The van der Waals surface area contributed by atoms with Crippen LogP contribution in [0.15, 0.2) is 23.3 Å². The Labute approximate surface area is 86.3 Å². The predicted molar refractivity (Wildman–Crippen MR) is 48.4 cm³/mol. The summed E-state index contributed by atoms with van der Waals surface area (Å²) >= 11 is 0. The summed E-state index contributed by atoms with van der Waals surface area (Å²) in [6.07, 6.45) is 1.55. The average molecular weight is 210 g/mol. The number of cyclic esters (lactones) is 2. The summed E-state index contributed by atoms with van der Waals surface area (Å²) in [5, 5.41) is 0. The zero-order chi connectivity index (χ0) is 11.0. The fourth-order valence-electron chi connectivity index (χ4n) is 1.28. The summed E-state index contributed by atoms with van der Waals surface area (Å²) in [6, 6.07) is 0. The molecule has 0 unspecified atom stereocenters. The summed E-state index contributed by atoms with van der Waals surface area (Å²) in [5.41, 5.74) is 0.982. The molecule has 80 valence electrons. The summed E-state index contributed by atoms with van der Waals surface area (Å²) in [6.45, 7) is 3.26. The zero-order valence-corrected chi connectivity index (χ0v) is 8.35. The van der Waals surface area contributed by atoms with Gasteiger partial charge in [0.1, 0.15) is 0 Å². The molecule has 2 rings (SSSR count). The molecule has 0 radical (unpaired) electrons. The van der Waals surface area contributed by atoms with Gasteiger partial charge in [0.25, 0.3) is 0 Å². The lowest BCUT2D eigenvalue weighted by atomic mass is 10.3. The largest absolute Gasteiger partial charge is 0.428 e. The molecular formula is C10H10O5. The molecule has 0 N–H and O–H groups in total. The maximum atomic E-state index is 11.0. The van der Waals surface area contributed by atoms with E-state index >= 15 is 0 Å². The van der Waals surface area contributed by atoms with Crippen molar-refractivity contribution >= 4 is 11.9 Å². The Bertz CT molecular complexity index is 343. The van der Waals surface area contributed by atoms with Gasteiger partial charge in [0.15, 0.2) is 0 Å². The van der Waals surface area contributed by atoms with Crippen molar-refractivity contribution in [2.75, 3.05) is 0 Å². The van der Waals surface area contributed by atoms with Crippen LogP contribution in [0.4, 0.5) is 0 Å². The van der Waals surface area contributed by atoms with E-state index in [2.05, 4.69) is 0 Å². The number of carbonyl (C=O) groups excluding carboxylic acids is 2. The van der Waals surface area contributed by atoms with E-state index in [0.29, 0.717) is 11.1 Å². The molecule has 2 atom stereocenters. The highest BCUT2D eigenvalue weighted by molar-refractivity contribution is 5.90. The van der Waals surface area contributed by atoms with E-state index in [9.17, 15) is 9.59 Å². The van der Waals surface area contributed by atoms with E-state index in [0.717, 1.165) is 0 Å². The van der Waals surface area contributed by atoms with Crippen LogP contribution in [0.25, 0.3) is 0 Å². The number of esters is 2. The van der Waals surface area contributed by atoms with Crippen molar-refractivity contribution in [1.82, 2.24) is 0 Å². The molecule has 0 fully saturated rings. The molecule has 2 aliphatic heterocycles. The van der Waals surface area contributed by atoms with Crippen LogP contribution in [0.2, 0.25) is 0 Å². The van der Waals surface area contributed by atoms with Crippen LogP contribution >= 0.6 is 0 Å². The first-order valence-corrected chi connectivity index (χ1v) is 4.50. The van der Waals surface area contributed by atoms with Crippen molar-refractivity contribution in [2.24, 2.45) is 0 Å². The second-order valence-electron chi connectivity index (χ2n) is 3.38. The van der Waals surface area contributed by atoms with E-state index in [1.54, 1.807) is 13.8 Å². The molecule has 5 heteroatoms. The minimum Gasteiger partial charge on any atom is -0.428 e. The first kappa shape index (κ1) is 9.92. The van der Waals surface area contributed by atoms with Crippen LogP contribution in [0.3, 0.4) is 0 Å². The standard InChI is InChI=1S/C10H10O5/c1-5-3-7(14-9(5)11)13-8-4-6(2)10(12)15-8/h3-4,7-8H,1-2H3/t7-,8-/m0/s1. The fraction of sp³-hybridized carbons (Fsp3) is 0.400. The van der Waals surface area contributed by atoms with Crippen molar-refractivity contribution in [1.29, 1.82) is 0 Å². The first-order chi connectivity index (χ1) is 7.06. The molecule has 0 aromatic carbocycles. The van der Waals surface area contributed by atoms with Gasteiger partial charge in [0.05, 0.1) is 0 Å². The topological polar surface area (TPSA) is 61.8 Å². The summed E-state index contributed by atoms with van der Waals surface area (Å²) < 4.78 is 14.9. The molecule has 0 saturated heterocycles. The van der Waals surface area contributed by atoms with E-state index in [4.69, 9.17) is 14.2 Å². The average Bonchev–Trinajstić information content (AvgIpc) is 2.59. The minimum absolute atomic E-state index is 0.412. The molecule has 0 saturated carbocycles. The van der Waals surface area contributed by atoms with E-state index in [1.165, 1.54) is 12.2 Å². The second-order valence-corrected chi connectivity index (χ2v) is 3.38. The second kappa shape index (κ2) is 3.51. The monoisotopic (exact) mass is 210 g/mol. The highest BCUT2D eigenvalue weighted by atomic mass is 16.8. The van der Waals surface area contributed by atoms with Crippen molar-refractivity contribution < 1.29 is 23.8 Å². The Morgan fingerprint density at radius 2 is 1.40 bits per heavy atom.